The first-order valence-corrected chi connectivity index (χ1v) is 6.96. The number of nitrogens with two attached hydrogens (primary N) is 1. The summed E-state index contributed by atoms with van der Waals surface area (Å²) >= 11 is 0. The van der Waals surface area contributed by atoms with Crippen LogP contribution in [0.5, 0.6) is 5.75 Å². The standard InChI is InChI=1S/C17H20N2O2/c1-13-6-8-14(9-7-13)12-17(20)19-15-4-2-3-5-16(15)21-11-10-18/h2-9H,10-12,18H2,1H3,(H,19,20). The van der Waals surface area contributed by atoms with Crippen LogP contribution in [0.4, 0.5) is 5.69 Å². The monoisotopic (exact) mass is 284 g/mol. The van der Waals surface area contributed by atoms with E-state index in [1.807, 2.05) is 55.5 Å². The van der Waals surface area contributed by atoms with E-state index in [2.05, 4.69) is 5.32 Å². The third-order valence-electron chi connectivity index (χ3n) is 3.02. The normalized spacial score (nSPS) is 10.2. The van der Waals surface area contributed by atoms with Gasteiger partial charge >= 0.3 is 0 Å². The number of para-hydroxylation sites is 2. The highest BCUT2D eigenvalue weighted by Crippen LogP contribution is 2.23. The van der Waals surface area contributed by atoms with E-state index in [0.717, 1.165) is 5.56 Å². The molecule has 0 aliphatic heterocycles. The number of carbonyl (C=O) groups is 1. The van der Waals surface area contributed by atoms with E-state index in [-0.39, 0.29) is 5.91 Å². The minimum Gasteiger partial charge on any atom is -0.490 e. The number of ether oxygens (including phenoxy) is 1. The van der Waals surface area contributed by atoms with E-state index in [4.69, 9.17) is 10.5 Å². The average Bonchev–Trinajstić information content (AvgIpc) is 2.49. The fourth-order valence-corrected chi connectivity index (χ4v) is 1.95. The van der Waals surface area contributed by atoms with Crippen LogP contribution in [0.25, 0.3) is 0 Å². The molecule has 0 fully saturated rings. The second-order valence-electron chi connectivity index (χ2n) is 4.84. The molecule has 2 rings (SSSR count). The Morgan fingerprint density at radius 2 is 1.86 bits per heavy atom. The van der Waals surface area contributed by atoms with Gasteiger partial charge in [-0.15, -0.1) is 0 Å². The van der Waals surface area contributed by atoms with Gasteiger partial charge in [-0.05, 0) is 24.6 Å². The minimum absolute atomic E-state index is 0.0670. The van der Waals surface area contributed by atoms with Gasteiger partial charge in [-0.25, -0.2) is 0 Å². The number of anilines is 1. The van der Waals surface area contributed by atoms with Crippen LogP contribution in [0.15, 0.2) is 48.5 Å². The zero-order valence-electron chi connectivity index (χ0n) is 12.1. The lowest BCUT2D eigenvalue weighted by atomic mass is 10.1. The van der Waals surface area contributed by atoms with E-state index >= 15 is 0 Å². The molecule has 0 bridgehead atoms. The molecule has 0 aliphatic rings. The molecule has 0 aliphatic carbocycles. The van der Waals surface area contributed by atoms with Gasteiger partial charge in [0.15, 0.2) is 0 Å². The topological polar surface area (TPSA) is 64.3 Å². The van der Waals surface area contributed by atoms with Crippen molar-refractivity contribution in [2.45, 2.75) is 13.3 Å². The number of nitrogens with one attached hydrogen (secondary N) is 1. The highest BCUT2D eigenvalue weighted by molar-refractivity contribution is 5.93. The third-order valence-corrected chi connectivity index (χ3v) is 3.02. The quantitative estimate of drug-likeness (QED) is 0.856. The maximum Gasteiger partial charge on any atom is 0.228 e. The first-order valence-electron chi connectivity index (χ1n) is 6.96. The molecule has 0 spiro atoms. The summed E-state index contributed by atoms with van der Waals surface area (Å²) in [4.78, 5) is 12.1. The van der Waals surface area contributed by atoms with Gasteiger partial charge in [-0.1, -0.05) is 42.0 Å². The van der Waals surface area contributed by atoms with Crippen LogP contribution in [0.2, 0.25) is 0 Å². The van der Waals surface area contributed by atoms with Crippen molar-refractivity contribution in [3.8, 4) is 5.75 Å². The first-order chi connectivity index (χ1) is 10.2. The Balaban J connectivity index is 2.00. The Morgan fingerprint density at radius 1 is 1.14 bits per heavy atom. The molecule has 0 aromatic heterocycles. The maximum atomic E-state index is 12.1. The van der Waals surface area contributed by atoms with Crippen molar-refractivity contribution in [1.82, 2.24) is 0 Å². The van der Waals surface area contributed by atoms with E-state index < -0.39 is 0 Å². The Kier molecular flexibility index (Phi) is 5.35. The van der Waals surface area contributed by atoms with Gasteiger partial charge in [0.25, 0.3) is 0 Å². The predicted octanol–water partition coefficient (Wildman–Crippen LogP) is 2.51. The molecular formula is C17H20N2O2. The highest BCUT2D eigenvalue weighted by Gasteiger charge is 2.08. The van der Waals surface area contributed by atoms with Gasteiger partial charge in [0.05, 0.1) is 12.1 Å². The molecule has 21 heavy (non-hydrogen) atoms. The Hall–Kier alpha value is -2.33. The zero-order chi connectivity index (χ0) is 15.1. The molecule has 0 saturated heterocycles. The number of aryl methyl sites for hydroxylation is 1. The van der Waals surface area contributed by atoms with E-state index in [1.165, 1.54) is 5.56 Å². The summed E-state index contributed by atoms with van der Waals surface area (Å²) in [6.45, 7) is 2.88. The van der Waals surface area contributed by atoms with Gasteiger partial charge < -0.3 is 15.8 Å². The number of hydrogen-bond acceptors (Lipinski definition) is 3. The smallest absolute Gasteiger partial charge is 0.228 e. The lowest BCUT2D eigenvalue weighted by Crippen LogP contribution is -2.16. The second kappa shape index (κ2) is 7.45. The number of rotatable bonds is 6. The molecule has 0 radical (unpaired) electrons. The van der Waals surface area contributed by atoms with Crippen LogP contribution in [0.1, 0.15) is 11.1 Å². The van der Waals surface area contributed by atoms with Gasteiger partial charge in [0.1, 0.15) is 12.4 Å². The van der Waals surface area contributed by atoms with Crippen molar-refractivity contribution in [3.05, 3.63) is 59.7 Å². The van der Waals surface area contributed by atoms with Gasteiger partial charge in [0, 0.05) is 6.54 Å². The molecule has 0 saturated carbocycles. The van der Waals surface area contributed by atoms with Crippen molar-refractivity contribution in [2.24, 2.45) is 5.73 Å². The van der Waals surface area contributed by atoms with Gasteiger partial charge in [-0.3, -0.25) is 4.79 Å². The molecule has 110 valence electrons. The van der Waals surface area contributed by atoms with Gasteiger partial charge in [-0.2, -0.15) is 0 Å². The summed E-state index contributed by atoms with van der Waals surface area (Å²) in [5.74, 6) is 0.572. The molecule has 4 heteroatoms. The summed E-state index contributed by atoms with van der Waals surface area (Å²) in [5, 5.41) is 2.88. The molecule has 4 nitrogen and oxygen atoms in total. The predicted molar refractivity (Wildman–Crippen MR) is 84.5 cm³/mol. The lowest BCUT2D eigenvalue weighted by molar-refractivity contribution is -0.115. The lowest BCUT2D eigenvalue weighted by Gasteiger charge is -2.12. The number of hydrogen-bond donors (Lipinski definition) is 2. The van der Waals surface area contributed by atoms with Crippen LogP contribution in [-0.4, -0.2) is 19.1 Å². The average molecular weight is 284 g/mol. The highest BCUT2D eigenvalue weighted by atomic mass is 16.5. The van der Waals surface area contributed by atoms with Crippen molar-refractivity contribution in [2.75, 3.05) is 18.5 Å². The van der Waals surface area contributed by atoms with Crippen LogP contribution < -0.4 is 15.8 Å². The third kappa shape index (κ3) is 4.61. The molecule has 3 N–H and O–H groups in total. The summed E-state index contributed by atoms with van der Waals surface area (Å²) in [6, 6.07) is 15.3. The van der Waals surface area contributed by atoms with Crippen molar-refractivity contribution in [3.63, 3.8) is 0 Å². The number of amides is 1. The van der Waals surface area contributed by atoms with E-state index in [9.17, 15) is 4.79 Å². The summed E-state index contributed by atoms with van der Waals surface area (Å²) in [6.07, 6.45) is 0.339. The molecule has 2 aromatic carbocycles. The van der Waals surface area contributed by atoms with Crippen LogP contribution >= 0.6 is 0 Å². The van der Waals surface area contributed by atoms with Crippen molar-refractivity contribution in [1.29, 1.82) is 0 Å². The number of carbonyl (C=O) groups excluding carboxylic acids is 1. The van der Waals surface area contributed by atoms with Crippen molar-refractivity contribution >= 4 is 11.6 Å². The van der Waals surface area contributed by atoms with Crippen molar-refractivity contribution < 1.29 is 9.53 Å². The molecule has 2 aromatic rings. The zero-order valence-corrected chi connectivity index (χ0v) is 12.1. The van der Waals surface area contributed by atoms with Gasteiger partial charge in [0.2, 0.25) is 5.91 Å². The largest absolute Gasteiger partial charge is 0.490 e. The molecule has 0 unspecified atom stereocenters. The van der Waals surface area contributed by atoms with E-state index in [0.29, 0.717) is 31.0 Å². The summed E-state index contributed by atoms with van der Waals surface area (Å²) in [7, 11) is 0. The maximum absolute atomic E-state index is 12.1. The summed E-state index contributed by atoms with van der Waals surface area (Å²) in [5.41, 5.74) is 8.26. The SMILES string of the molecule is Cc1ccc(CC(=O)Nc2ccccc2OCCN)cc1. The first kappa shape index (κ1) is 15.1. The molecule has 0 heterocycles. The van der Waals surface area contributed by atoms with Crippen LogP contribution in [-0.2, 0) is 11.2 Å². The minimum atomic E-state index is -0.0670. The summed E-state index contributed by atoms with van der Waals surface area (Å²) < 4.78 is 5.51. The fourth-order valence-electron chi connectivity index (χ4n) is 1.95. The molecule has 0 atom stereocenters. The Labute approximate surface area is 124 Å². The fraction of sp³-hybridized carbons (Fsp3) is 0.235. The van der Waals surface area contributed by atoms with Crippen LogP contribution in [0, 0.1) is 6.92 Å². The Morgan fingerprint density at radius 3 is 2.57 bits per heavy atom. The molecule has 1 amide bonds. The Bertz CT molecular complexity index is 594. The number of benzene rings is 2. The molecular weight excluding hydrogens is 264 g/mol. The van der Waals surface area contributed by atoms with Crippen LogP contribution in [0.3, 0.4) is 0 Å². The van der Waals surface area contributed by atoms with E-state index in [1.54, 1.807) is 0 Å². The second-order valence-corrected chi connectivity index (χ2v) is 4.84.